The number of benzene rings is 1. The molecule has 1 amide bonds. The molecule has 4 bridgehead atoms. The van der Waals surface area contributed by atoms with Crippen molar-refractivity contribution in [1.82, 2.24) is 9.80 Å². The van der Waals surface area contributed by atoms with Crippen LogP contribution in [-0.4, -0.2) is 55.0 Å². The highest BCUT2D eigenvalue weighted by Gasteiger charge is 2.48. The second-order valence-corrected chi connectivity index (χ2v) is 9.68. The molecule has 4 saturated carbocycles. The molecule has 1 saturated heterocycles. The Kier molecular flexibility index (Phi) is 5.26. The Morgan fingerprint density at radius 1 is 0.966 bits per heavy atom. The van der Waals surface area contributed by atoms with Gasteiger partial charge in [-0.15, -0.1) is 6.42 Å². The van der Waals surface area contributed by atoms with Crippen molar-refractivity contribution in [3.8, 4) is 18.1 Å². The van der Waals surface area contributed by atoms with Gasteiger partial charge >= 0.3 is 0 Å². The number of rotatable bonds is 5. The molecule has 4 aliphatic carbocycles. The van der Waals surface area contributed by atoms with Crippen LogP contribution in [-0.2, 0) is 4.79 Å². The van der Waals surface area contributed by atoms with Crippen molar-refractivity contribution < 1.29 is 9.53 Å². The summed E-state index contributed by atoms with van der Waals surface area (Å²) in [5.74, 6) is 8.10. The van der Waals surface area contributed by atoms with Gasteiger partial charge < -0.3 is 9.64 Å². The first kappa shape index (κ1) is 19.0. The number of terminal acetylenes is 1. The predicted molar refractivity (Wildman–Crippen MR) is 114 cm³/mol. The fourth-order valence-corrected chi connectivity index (χ4v) is 6.78. The molecule has 0 radical (unpaired) electrons. The van der Waals surface area contributed by atoms with E-state index < -0.39 is 0 Å². The first-order valence-corrected chi connectivity index (χ1v) is 11.4. The summed E-state index contributed by atoms with van der Waals surface area (Å²) in [6, 6.07) is 8.65. The van der Waals surface area contributed by atoms with E-state index in [2.05, 4.69) is 35.1 Å². The van der Waals surface area contributed by atoms with Crippen molar-refractivity contribution in [2.24, 2.45) is 23.7 Å². The van der Waals surface area contributed by atoms with Crippen LogP contribution in [0.1, 0.15) is 43.6 Å². The Morgan fingerprint density at radius 3 is 2.17 bits per heavy atom. The number of nitrogens with zero attached hydrogens (tertiary/aromatic N) is 2. The van der Waals surface area contributed by atoms with E-state index in [0.717, 1.165) is 61.5 Å². The van der Waals surface area contributed by atoms with E-state index in [1.807, 2.05) is 4.90 Å². The van der Waals surface area contributed by atoms with Crippen molar-refractivity contribution in [2.45, 2.75) is 38.0 Å². The molecule has 4 heteroatoms. The molecule has 4 nitrogen and oxygen atoms in total. The summed E-state index contributed by atoms with van der Waals surface area (Å²) in [4.78, 5) is 16.5. The van der Waals surface area contributed by atoms with Gasteiger partial charge in [0.1, 0.15) is 5.75 Å². The van der Waals surface area contributed by atoms with Crippen molar-refractivity contribution in [3.05, 3.63) is 29.8 Å². The maximum atomic E-state index is 12.5. The molecular formula is C25H32N2O2. The molecule has 0 N–H and O–H groups in total. The molecule has 0 aromatic heterocycles. The summed E-state index contributed by atoms with van der Waals surface area (Å²) in [7, 11) is 0. The smallest absolute Gasteiger partial charge is 0.260 e. The molecule has 1 aromatic rings. The van der Waals surface area contributed by atoms with Gasteiger partial charge in [0, 0.05) is 26.2 Å². The van der Waals surface area contributed by atoms with E-state index in [-0.39, 0.29) is 12.5 Å². The second-order valence-electron chi connectivity index (χ2n) is 9.68. The largest absolute Gasteiger partial charge is 0.484 e. The number of hydrogen-bond donors (Lipinski definition) is 0. The highest BCUT2D eigenvalue weighted by molar-refractivity contribution is 5.77. The van der Waals surface area contributed by atoms with Crippen molar-refractivity contribution in [2.75, 3.05) is 39.3 Å². The van der Waals surface area contributed by atoms with E-state index in [0.29, 0.717) is 6.54 Å². The summed E-state index contributed by atoms with van der Waals surface area (Å²) in [6.07, 6.45) is 12.6. The predicted octanol–water partition coefficient (Wildman–Crippen LogP) is 3.38. The monoisotopic (exact) mass is 392 g/mol. The van der Waals surface area contributed by atoms with Gasteiger partial charge in [0.15, 0.2) is 6.61 Å². The van der Waals surface area contributed by atoms with Gasteiger partial charge in [-0.2, -0.15) is 0 Å². The minimum Gasteiger partial charge on any atom is -0.484 e. The molecule has 29 heavy (non-hydrogen) atoms. The lowest BCUT2D eigenvalue weighted by Gasteiger charge is -2.54. The van der Waals surface area contributed by atoms with Crippen LogP contribution in [0, 0.1) is 36.0 Å². The Hall–Kier alpha value is -1.99. The number of amides is 1. The third-order valence-electron chi connectivity index (χ3n) is 7.89. The summed E-state index contributed by atoms with van der Waals surface area (Å²) in [5, 5.41) is 0. The fraction of sp³-hybridized carbons (Fsp3) is 0.640. The summed E-state index contributed by atoms with van der Waals surface area (Å²) in [6.45, 7) is 3.93. The average molecular weight is 393 g/mol. The second kappa shape index (κ2) is 8.03. The van der Waals surface area contributed by atoms with Gasteiger partial charge in [-0.05, 0) is 79.4 Å². The third kappa shape index (κ3) is 3.90. The number of ether oxygens (including phenoxy) is 1. The highest BCUT2D eigenvalue weighted by Crippen LogP contribution is 2.59. The quantitative estimate of drug-likeness (QED) is 0.720. The van der Waals surface area contributed by atoms with Gasteiger partial charge in [-0.25, -0.2) is 0 Å². The zero-order valence-corrected chi connectivity index (χ0v) is 17.3. The molecule has 5 fully saturated rings. The number of hydrogen-bond acceptors (Lipinski definition) is 3. The number of piperazine rings is 1. The molecule has 1 aromatic carbocycles. The number of carbonyl (C=O) groups excluding carboxylic acids is 1. The molecule has 0 atom stereocenters. The van der Waals surface area contributed by atoms with Gasteiger partial charge in [0.2, 0.25) is 0 Å². The van der Waals surface area contributed by atoms with Crippen LogP contribution in [0.15, 0.2) is 24.3 Å². The van der Waals surface area contributed by atoms with Crippen LogP contribution in [0.4, 0.5) is 0 Å². The third-order valence-corrected chi connectivity index (χ3v) is 7.89. The van der Waals surface area contributed by atoms with Crippen molar-refractivity contribution in [1.29, 1.82) is 0 Å². The SMILES string of the molecule is C#CCN1CCN(C(=O)COc2ccc(C3C4CC5CC(C4)CC3C5)cc2)CC1. The molecular weight excluding hydrogens is 360 g/mol. The van der Waals surface area contributed by atoms with Crippen LogP contribution in [0.25, 0.3) is 0 Å². The molecule has 1 aliphatic heterocycles. The van der Waals surface area contributed by atoms with Crippen LogP contribution in [0.5, 0.6) is 5.75 Å². The fourth-order valence-electron chi connectivity index (χ4n) is 6.78. The molecule has 154 valence electrons. The van der Waals surface area contributed by atoms with E-state index in [9.17, 15) is 4.79 Å². The molecule has 0 unspecified atom stereocenters. The maximum absolute atomic E-state index is 12.5. The normalized spacial score (nSPS) is 33.5. The molecule has 5 aliphatic rings. The lowest BCUT2D eigenvalue weighted by molar-refractivity contribution is -0.135. The Bertz CT molecular complexity index is 745. The zero-order valence-electron chi connectivity index (χ0n) is 17.3. The van der Waals surface area contributed by atoms with Crippen molar-refractivity contribution in [3.63, 3.8) is 0 Å². The summed E-state index contributed by atoms with van der Waals surface area (Å²) < 4.78 is 5.82. The lowest BCUT2D eigenvalue weighted by Crippen LogP contribution is -2.49. The maximum Gasteiger partial charge on any atom is 0.260 e. The van der Waals surface area contributed by atoms with Gasteiger partial charge in [-0.1, -0.05) is 18.1 Å². The first-order valence-electron chi connectivity index (χ1n) is 11.4. The average Bonchev–Trinajstić information content (AvgIpc) is 2.73. The van der Waals surface area contributed by atoms with Crippen molar-refractivity contribution >= 4 is 5.91 Å². The van der Waals surface area contributed by atoms with Gasteiger partial charge in [0.25, 0.3) is 5.91 Å². The number of carbonyl (C=O) groups is 1. The topological polar surface area (TPSA) is 32.8 Å². The van der Waals surface area contributed by atoms with Gasteiger partial charge in [0.05, 0.1) is 6.54 Å². The van der Waals surface area contributed by atoms with E-state index in [1.54, 1.807) is 0 Å². The van der Waals surface area contributed by atoms with Crippen LogP contribution < -0.4 is 4.74 Å². The van der Waals surface area contributed by atoms with E-state index in [4.69, 9.17) is 11.2 Å². The minimum atomic E-state index is 0.0653. The minimum absolute atomic E-state index is 0.0653. The Morgan fingerprint density at radius 2 is 1.59 bits per heavy atom. The molecule has 0 spiro atoms. The Labute approximate surface area is 174 Å². The first-order chi connectivity index (χ1) is 14.2. The standard InChI is InChI=1S/C25H32N2O2/c1-2-7-26-8-10-27(11-9-26)24(28)17-29-23-5-3-20(4-6-23)25-21-13-18-12-19(15-21)16-22(25)14-18/h1,3-6,18-19,21-22,25H,7-17H2. The summed E-state index contributed by atoms with van der Waals surface area (Å²) >= 11 is 0. The summed E-state index contributed by atoms with van der Waals surface area (Å²) in [5.41, 5.74) is 1.49. The van der Waals surface area contributed by atoms with Crippen LogP contribution in [0.2, 0.25) is 0 Å². The molecule has 1 heterocycles. The van der Waals surface area contributed by atoms with Gasteiger partial charge in [-0.3, -0.25) is 9.69 Å². The van der Waals surface area contributed by atoms with Crippen LogP contribution >= 0.6 is 0 Å². The van der Waals surface area contributed by atoms with Crippen LogP contribution in [0.3, 0.4) is 0 Å². The highest BCUT2D eigenvalue weighted by atomic mass is 16.5. The lowest BCUT2D eigenvalue weighted by atomic mass is 9.51. The molecule has 6 rings (SSSR count). The Balaban J connectivity index is 1.14. The van der Waals surface area contributed by atoms with E-state index >= 15 is 0 Å². The zero-order chi connectivity index (χ0) is 19.8. The van der Waals surface area contributed by atoms with E-state index in [1.165, 1.54) is 37.7 Å².